The molecule has 0 bridgehead atoms. The number of piperazine rings is 1. The molecule has 0 radical (unpaired) electrons. The lowest BCUT2D eigenvalue weighted by Crippen LogP contribution is -2.68. The fourth-order valence-corrected chi connectivity index (χ4v) is 3.54. The van der Waals surface area contributed by atoms with Gasteiger partial charge in [0.05, 0.1) is 0 Å². The molecule has 3 rings (SSSR count). The molecule has 1 N–H and O–H groups in total. The zero-order valence-corrected chi connectivity index (χ0v) is 12.8. The molecule has 1 aliphatic heterocycles. The van der Waals surface area contributed by atoms with Crippen LogP contribution in [0.25, 0.3) is 0 Å². The predicted molar refractivity (Wildman–Crippen MR) is 80.8 cm³/mol. The van der Waals surface area contributed by atoms with Crippen LogP contribution < -0.4 is 5.32 Å². The molecule has 2 amide bonds. The highest BCUT2D eigenvalue weighted by atomic mass is 35.5. The van der Waals surface area contributed by atoms with Crippen LogP contribution in [0.1, 0.15) is 38.2 Å². The molecule has 1 unspecified atom stereocenters. The van der Waals surface area contributed by atoms with Gasteiger partial charge in [-0.05, 0) is 37.5 Å². The van der Waals surface area contributed by atoms with Gasteiger partial charge < -0.3 is 10.2 Å². The lowest BCUT2D eigenvalue weighted by Gasteiger charge is -2.45. The molecule has 1 saturated carbocycles. The highest BCUT2D eigenvalue weighted by molar-refractivity contribution is 6.30. The molecule has 2 aliphatic rings. The van der Waals surface area contributed by atoms with Crippen molar-refractivity contribution in [3.8, 4) is 0 Å². The van der Waals surface area contributed by atoms with Gasteiger partial charge in [0.25, 0.3) is 0 Å². The number of hydrogen-bond donors (Lipinski definition) is 1. The summed E-state index contributed by atoms with van der Waals surface area (Å²) in [4.78, 5) is 26.9. The molecule has 5 heteroatoms. The normalized spacial score (nSPS) is 24.5. The molecular formula is C16H19ClN2O2. The highest BCUT2D eigenvalue weighted by Crippen LogP contribution is 2.39. The number of halogens is 1. The third-order valence-electron chi connectivity index (χ3n) is 4.61. The Kier molecular flexibility index (Phi) is 3.66. The lowest BCUT2D eigenvalue weighted by molar-refractivity contribution is -0.157. The van der Waals surface area contributed by atoms with E-state index in [0.29, 0.717) is 11.6 Å². The first-order chi connectivity index (χ1) is 10.0. The molecule has 1 spiro atoms. The second-order valence-electron chi connectivity index (χ2n) is 5.98. The second-order valence-corrected chi connectivity index (χ2v) is 6.42. The number of hydrogen-bond acceptors (Lipinski definition) is 2. The van der Waals surface area contributed by atoms with Gasteiger partial charge in [0.15, 0.2) is 0 Å². The van der Waals surface area contributed by atoms with Gasteiger partial charge in [-0.15, -0.1) is 0 Å². The fraction of sp³-hybridized carbons (Fsp3) is 0.500. The van der Waals surface area contributed by atoms with Crippen LogP contribution in [0.3, 0.4) is 0 Å². The summed E-state index contributed by atoms with van der Waals surface area (Å²) >= 11 is 5.91. The Morgan fingerprint density at radius 3 is 2.48 bits per heavy atom. The molecule has 21 heavy (non-hydrogen) atoms. The Bertz CT molecular complexity index is 564. The summed E-state index contributed by atoms with van der Waals surface area (Å²) in [5, 5.41) is 3.51. The minimum absolute atomic E-state index is 0.000985. The van der Waals surface area contributed by atoms with Gasteiger partial charge in [-0.1, -0.05) is 36.6 Å². The summed E-state index contributed by atoms with van der Waals surface area (Å²) in [5.41, 5.74) is 0.351. The van der Waals surface area contributed by atoms with Crippen LogP contribution in [0, 0.1) is 0 Å². The van der Waals surface area contributed by atoms with Gasteiger partial charge in [0.2, 0.25) is 11.8 Å². The quantitative estimate of drug-likeness (QED) is 0.912. The summed E-state index contributed by atoms with van der Waals surface area (Å²) in [7, 11) is 0. The van der Waals surface area contributed by atoms with Gasteiger partial charge >= 0.3 is 0 Å². The van der Waals surface area contributed by atoms with E-state index in [9.17, 15) is 9.59 Å². The van der Waals surface area contributed by atoms with E-state index in [4.69, 9.17) is 11.6 Å². The lowest BCUT2D eigenvalue weighted by atomic mass is 9.89. The van der Waals surface area contributed by atoms with Crippen molar-refractivity contribution < 1.29 is 9.59 Å². The Hall–Kier alpha value is -1.55. The minimum Gasteiger partial charge on any atom is -0.343 e. The van der Waals surface area contributed by atoms with Crippen molar-refractivity contribution in [2.24, 2.45) is 0 Å². The monoisotopic (exact) mass is 306 g/mol. The standard InChI is InChI=1S/C16H19ClN2O2/c1-11-14(20)19(10-12-4-6-13(17)7-5-12)16(15(21)18-11)8-2-3-9-16/h4-7,11H,2-3,8-10H2,1H3,(H,18,21). The second kappa shape index (κ2) is 5.34. The van der Waals surface area contributed by atoms with Crippen LogP contribution >= 0.6 is 11.6 Å². The summed E-state index contributed by atoms with van der Waals surface area (Å²) in [6.45, 7) is 2.21. The largest absolute Gasteiger partial charge is 0.343 e. The van der Waals surface area contributed by atoms with Crippen LogP contribution in [-0.2, 0) is 16.1 Å². The van der Waals surface area contributed by atoms with Gasteiger partial charge in [-0.3, -0.25) is 9.59 Å². The van der Waals surface area contributed by atoms with Crippen molar-refractivity contribution in [3.63, 3.8) is 0 Å². The van der Waals surface area contributed by atoms with Crippen molar-refractivity contribution in [2.75, 3.05) is 0 Å². The summed E-state index contributed by atoms with van der Waals surface area (Å²) in [5.74, 6) is 0.00696. The van der Waals surface area contributed by atoms with Gasteiger partial charge in [0.1, 0.15) is 11.6 Å². The SMILES string of the molecule is CC1NC(=O)C2(CCCC2)N(Cc2ccc(Cl)cc2)C1=O. The van der Waals surface area contributed by atoms with Crippen LogP contribution in [0.2, 0.25) is 5.02 Å². The Morgan fingerprint density at radius 2 is 1.86 bits per heavy atom. The first kappa shape index (κ1) is 14.4. The van der Waals surface area contributed by atoms with Gasteiger partial charge in [0, 0.05) is 11.6 Å². The number of amides is 2. The van der Waals surface area contributed by atoms with Crippen LogP contribution in [0.4, 0.5) is 0 Å². The average Bonchev–Trinajstić information content (AvgIpc) is 2.95. The van der Waals surface area contributed by atoms with E-state index in [2.05, 4.69) is 5.32 Å². The van der Waals surface area contributed by atoms with Gasteiger partial charge in [-0.2, -0.15) is 0 Å². The van der Waals surface area contributed by atoms with E-state index >= 15 is 0 Å². The fourth-order valence-electron chi connectivity index (χ4n) is 3.42. The Balaban J connectivity index is 1.92. The van der Waals surface area contributed by atoms with Crippen LogP contribution in [0.5, 0.6) is 0 Å². The van der Waals surface area contributed by atoms with Crippen LogP contribution in [0.15, 0.2) is 24.3 Å². The molecule has 1 saturated heterocycles. The van der Waals surface area contributed by atoms with E-state index in [0.717, 1.165) is 31.2 Å². The van der Waals surface area contributed by atoms with Crippen molar-refractivity contribution in [1.29, 1.82) is 0 Å². The molecule has 1 aromatic rings. The molecule has 1 atom stereocenters. The Morgan fingerprint density at radius 1 is 1.24 bits per heavy atom. The number of nitrogens with zero attached hydrogens (tertiary/aromatic N) is 1. The summed E-state index contributed by atoms with van der Waals surface area (Å²) in [6, 6.07) is 7.01. The van der Waals surface area contributed by atoms with E-state index in [1.165, 1.54) is 0 Å². The topological polar surface area (TPSA) is 49.4 Å². The van der Waals surface area contributed by atoms with Crippen LogP contribution in [-0.4, -0.2) is 28.3 Å². The van der Waals surface area contributed by atoms with E-state index < -0.39 is 11.6 Å². The van der Waals surface area contributed by atoms with Crippen molar-refractivity contribution in [3.05, 3.63) is 34.9 Å². The number of benzene rings is 1. The molecular weight excluding hydrogens is 288 g/mol. The smallest absolute Gasteiger partial charge is 0.246 e. The van der Waals surface area contributed by atoms with Gasteiger partial charge in [-0.25, -0.2) is 0 Å². The predicted octanol–water partition coefficient (Wildman–Crippen LogP) is 2.50. The first-order valence-corrected chi connectivity index (χ1v) is 7.78. The number of rotatable bonds is 2. The summed E-state index contributed by atoms with van der Waals surface area (Å²) in [6.07, 6.45) is 3.49. The zero-order valence-electron chi connectivity index (χ0n) is 12.1. The third-order valence-corrected chi connectivity index (χ3v) is 4.86. The molecule has 2 fully saturated rings. The number of carbonyl (C=O) groups is 2. The van der Waals surface area contributed by atoms with E-state index in [1.807, 2.05) is 24.3 Å². The van der Waals surface area contributed by atoms with E-state index in [1.54, 1.807) is 11.8 Å². The molecule has 112 valence electrons. The molecule has 1 heterocycles. The number of carbonyl (C=O) groups excluding carboxylic acids is 2. The molecule has 1 aliphatic carbocycles. The molecule has 0 aromatic heterocycles. The first-order valence-electron chi connectivity index (χ1n) is 7.40. The average molecular weight is 307 g/mol. The molecule has 4 nitrogen and oxygen atoms in total. The van der Waals surface area contributed by atoms with Crippen molar-refractivity contribution in [1.82, 2.24) is 10.2 Å². The minimum atomic E-state index is -0.650. The zero-order chi connectivity index (χ0) is 15.0. The maximum absolute atomic E-state index is 12.6. The Labute approximate surface area is 129 Å². The van der Waals surface area contributed by atoms with E-state index in [-0.39, 0.29) is 11.8 Å². The van der Waals surface area contributed by atoms with Crippen molar-refractivity contribution >= 4 is 23.4 Å². The van der Waals surface area contributed by atoms with Crippen molar-refractivity contribution in [2.45, 2.75) is 50.7 Å². The third kappa shape index (κ3) is 2.42. The maximum atomic E-state index is 12.6. The molecule has 1 aromatic carbocycles. The summed E-state index contributed by atoms with van der Waals surface area (Å²) < 4.78 is 0. The highest BCUT2D eigenvalue weighted by Gasteiger charge is 2.52. The maximum Gasteiger partial charge on any atom is 0.246 e. The number of nitrogens with one attached hydrogen (secondary N) is 1.